The van der Waals surface area contributed by atoms with Gasteiger partial charge in [0, 0.05) is 18.2 Å². The summed E-state index contributed by atoms with van der Waals surface area (Å²) in [5, 5.41) is 11.8. The molecule has 0 aliphatic heterocycles. The number of amides is 1. The molecule has 0 radical (unpaired) electrons. The first-order valence-electron chi connectivity index (χ1n) is 10.8. The van der Waals surface area contributed by atoms with E-state index in [1.165, 1.54) is 23.1 Å². The molecule has 0 aromatic heterocycles. The highest BCUT2D eigenvalue weighted by atomic mass is 16.6. The Kier molecular flexibility index (Phi) is 8.19. The van der Waals surface area contributed by atoms with E-state index in [9.17, 15) is 19.7 Å². The van der Waals surface area contributed by atoms with Crippen LogP contribution in [0.2, 0.25) is 0 Å². The molecule has 8 nitrogen and oxygen atoms in total. The highest BCUT2D eigenvalue weighted by molar-refractivity contribution is 5.90. The van der Waals surface area contributed by atoms with E-state index in [0.717, 1.165) is 5.56 Å². The minimum atomic E-state index is -0.727. The number of nitro groups is 1. The van der Waals surface area contributed by atoms with E-state index < -0.39 is 28.2 Å². The van der Waals surface area contributed by atoms with Gasteiger partial charge >= 0.3 is 12.1 Å². The van der Waals surface area contributed by atoms with Gasteiger partial charge in [-0.1, -0.05) is 30.3 Å². The SMILES string of the molecule is CC(C)(C)OC(=O)c1ccc(CN(CCc2ccccc2)C(=O)OC(C)(C)C)c([N+](=O)[O-])c1. The Morgan fingerprint density at radius 2 is 1.55 bits per heavy atom. The lowest BCUT2D eigenvalue weighted by Crippen LogP contribution is -2.37. The lowest BCUT2D eigenvalue weighted by atomic mass is 10.1. The van der Waals surface area contributed by atoms with Gasteiger partial charge in [0.25, 0.3) is 5.69 Å². The molecule has 1 amide bonds. The molecule has 0 bridgehead atoms. The number of esters is 1. The number of hydrogen-bond acceptors (Lipinski definition) is 6. The quantitative estimate of drug-likeness (QED) is 0.309. The maximum atomic E-state index is 12.9. The van der Waals surface area contributed by atoms with E-state index in [1.807, 2.05) is 30.3 Å². The van der Waals surface area contributed by atoms with Crippen LogP contribution in [0.4, 0.5) is 10.5 Å². The van der Waals surface area contributed by atoms with Gasteiger partial charge in [0.15, 0.2) is 0 Å². The van der Waals surface area contributed by atoms with Crippen molar-refractivity contribution < 1.29 is 24.0 Å². The van der Waals surface area contributed by atoms with Crippen LogP contribution in [0.25, 0.3) is 0 Å². The third kappa shape index (κ3) is 8.56. The molecule has 0 aliphatic carbocycles. The van der Waals surface area contributed by atoms with Gasteiger partial charge in [0.2, 0.25) is 0 Å². The number of benzene rings is 2. The smallest absolute Gasteiger partial charge is 0.410 e. The van der Waals surface area contributed by atoms with Crippen LogP contribution in [-0.4, -0.2) is 39.6 Å². The van der Waals surface area contributed by atoms with Gasteiger partial charge in [-0.15, -0.1) is 0 Å². The molecular weight excluding hydrogens is 424 g/mol. The molecule has 178 valence electrons. The van der Waals surface area contributed by atoms with E-state index in [4.69, 9.17) is 9.47 Å². The molecule has 0 unspecified atom stereocenters. The van der Waals surface area contributed by atoms with Gasteiger partial charge in [-0.25, -0.2) is 9.59 Å². The average molecular weight is 457 g/mol. The van der Waals surface area contributed by atoms with Crippen LogP contribution in [0, 0.1) is 10.1 Å². The van der Waals surface area contributed by atoms with Crippen molar-refractivity contribution in [2.24, 2.45) is 0 Å². The molecule has 0 saturated carbocycles. The van der Waals surface area contributed by atoms with Crippen molar-refractivity contribution in [3.05, 3.63) is 75.3 Å². The Morgan fingerprint density at radius 1 is 0.939 bits per heavy atom. The van der Waals surface area contributed by atoms with Crippen LogP contribution in [-0.2, 0) is 22.4 Å². The molecule has 2 aromatic carbocycles. The van der Waals surface area contributed by atoms with Crippen molar-refractivity contribution in [2.75, 3.05) is 6.54 Å². The summed E-state index contributed by atoms with van der Waals surface area (Å²) >= 11 is 0. The summed E-state index contributed by atoms with van der Waals surface area (Å²) in [4.78, 5) is 37.9. The number of nitrogens with zero attached hydrogens (tertiary/aromatic N) is 2. The van der Waals surface area contributed by atoms with Crippen LogP contribution in [0.1, 0.15) is 63.0 Å². The summed E-state index contributed by atoms with van der Waals surface area (Å²) in [7, 11) is 0. The molecule has 0 N–H and O–H groups in total. The zero-order valence-electron chi connectivity index (χ0n) is 20.1. The van der Waals surface area contributed by atoms with Gasteiger partial charge in [-0.3, -0.25) is 10.1 Å². The van der Waals surface area contributed by atoms with E-state index in [2.05, 4.69) is 0 Å². The van der Waals surface area contributed by atoms with Gasteiger partial charge in [-0.2, -0.15) is 0 Å². The molecule has 0 fully saturated rings. The highest BCUT2D eigenvalue weighted by Gasteiger charge is 2.27. The zero-order chi connectivity index (χ0) is 24.8. The molecule has 0 spiro atoms. The number of ether oxygens (including phenoxy) is 2. The standard InChI is InChI=1S/C25H32N2O6/c1-24(2,3)32-22(28)19-12-13-20(21(16-19)27(30)31)17-26(23(29)33-25(4,5)6)15-14-18-10-8-7-9-11-18/h7-13,16H,14-15,17H2,1-6H3. The second kappa shape index (κ2) is 10.5. The van der Waals surface area contributed by atoms with Crippen molar-refractivity contribution in [3.63, 3.8) is 0 Å². The number of hydrogen-bond donors (Lipinski definition) is 0. The first-order valence-corrected chi connectivity index (χ1v) is 10.8. The fourth-order valence-corrected chi connectivity index (χ4v) is 3.01. The second-order valence-electron chi connectivity index (χ2n) is 9.74. The maximum absolute atomic E-state index is 12.9. The molecule has 2 rings (SSSR count). The van der Waals surface area contributed by atoms with Crippen LogP contribution in [0.15, 0.2) is 48.5 Å². The van der Waals surface area contributed by atoms with Crippen molar-refractivity contribution in [2.45, 2.75) is 65.7 Å². The third-order valence-electron chi connectivity index (χ3n) is 4.44. The van der Waals surface area contributed by atoms with Crippen molar-refractivity contribution in [3.8, 4) is 0 Å². The Labute approximate surface area is 194 Å². The minimum absolute atomic E-state index is 0.0351. The predicted octanol–water partition coefficient (Wildman–Crippen LogP) is 5.53. The van der Waals surface area contributed by atoms with Crippen LogP contribution in [0.3, 0.4) is 0 Å². The molecule has 0 aliphatic rings. The van der Waals surface area contributed by atoms with Gasteiger partial charge in [-0.05, 0) is 65.7 Å². The number of nitro benzene ring substituents is 1. The van der Waals surface area contributed by atoms with Crippen LogP contribution in [0.5, 0.6) is 0 Å². The topological polar surface area (TPSA) is 99.0 Å². The monoisotopic (exact) mass is 456 g/mol. The number of carbonyl (C=O) groups is 2. The van der Waals surface area contributed by atoms with Gasteiger partial charge in [0.1, 0.15) is 11.2 Å². The largest absolute Gasteiger partial charge is 0.456 e. The van der Waals surface area contributed by atoms with E-state index in [-0.39, 0.29) is 17.8 Å². The lowest BCUT2D eigenvalue weighted by Gasteiger charge is -2.27. The Balaban J connectivity index is 2.31. The zero-order valence-corrected chi connectivity index (χ0v) is 20.1. The Bertz CT molecular complexity index is 990. The predicted molar refractivity (Wildman–Crippen MR) is 125 cm³/mol. The maximum Gasteiger partial charge on any atom is 0.410 e. The van der Waals surface area contributed by atoms with Crippen molar-refractivity contribution >= 4 is 17.7 Å². The number of carbonyl (C=O) groups excluding carboxylic acids is 2. The summed E-state index contributed by atoms with van der Waals surface area (Å²) in [6.07, 6.45) is -0.00639. The first-order chi connectivity index (χ1) is 15.2. The normalized spacial score (nSPS) is 11.6. The second-order valence-corrected chi connectivity index (χ2v) is 9.74. The van der Waals surface area contributed by atoms with Gasteiger partial charge in [0.05, 0.1) is 17.0 Å². The lowest BCUT2D eigenvalue weighted by molar-refractivity contribution is -0.385. The molecule has 0 atom stereocenters. The average Bonchev–Trinajstić information content (AvgIpc) is 2.69. The van der Waals surface area contributed by atoms with E-state index in [0.29, 0.717) is 18.5 Å². The first kappa shape index (κ1) is 25.8. The molecule has 8 heteroatoms. The molecule has 33 heavy (non-hydrogen) atoms. The summed E-state index contributed by atoms with van der Waals surface area (Å²) in [6.45, 7) is 10.7. The fraction of sp³-hybridized carbons (Fsp3) is 0.440. The molecule has 0 saturated heterocycles. The van der Waals surface area contributed by atoms with Crippen molar-refractivity contribution in [1.29, 1.82) is 0 Å². The number of rotatable bonds is 7. The third-order valence-corrected chi connectivity index (χ3v) is 4.44. The van der Waals surface area contributed by atoms with Gasteiger partial charge < -0.3 is 14.4 Å². The van der Waals surface area contributed by atoms with Crippen LogP contribution < -0.4 is 0 Å². The molecule has 2 aromatic rings. The fourth-order valence-electron chi connectivity index (χ4n) is 3.01. The van der Waals surface area contributed by atoms with E-state index >= 15 is 0 Å². The summed E-state index contributed by atoms with van der Waals surface area (Å²) in [6, 6.07) is 13.8. The van der Waals surface area contributed by atoms with Crippen LogP contribution >= 0.6 is 0 Å². The Morgan fingerprint density at radius 3 is 2.09 bits per heavy atom. The molecular formula is C25H32N2O6. The van der Waals surface area contributed by atoms with E-state index in [1.54, 1.807) is 41.5 Å². The highest BCUT2D eigenvalue weighted by Crippen LogP contribution is 2.25. The summed E-state index contributed by atoms with van der Waals surface area (Å²) < 4.78 is 10.8. The minimum Gasteiger partial charge on any atom is -0.456 e. The Hall–Kier alpha value is -3.42. The summed E-state index contributed by atoms with van der Waals surface area (Å²) in [5.74, 6) is -0.648. The summed E-state index contributed by atoms with van der Waals surface area (Å²) in [5.41, 5.74) is -0.295. The molecule has 0 heterocycles. The van der Waals surface area contributed by atoms with Crippen molar-refractivity contribution in [1.82, 2.24) is 4.90 Å².